The summed E-state index contributed by atoms with van der Waals surface area (Å²) in [5.74, 6) is 0.751. The largest absolute Gasteiger partial charge is 0.493 e. The number of methoxy groups -OCH3 is 2. The lowest BCUT2D eigenvalue weighted by Crippen LogP contribution is -2.29. The normalized spacial score (nSPS) is 13.0. The Morgan fingerprint density at radius 2 is 1.54 bits per heavy atom. The van der Waals surface area contributed by atoms with Gasteiger partial charge in [-0.15, -0.1) is 0 Å². The van der Waals surface area contributed by atoms with Crippen LogP contribution in [0.25, 0.3) is 0 Å². The first-order valence-corrected chi connectivity index (χ1v) is 8.79. The van der Waals surface area contributed by atoms with Crippen LogP contribution >= 0.6 is 0 Å². The molecular formula is C21H19N3O4. The van der Waals surface area contributed by atoms with Crippen LogP contribution < -0.4 is 9.47 Å². The third-order valence-corrected chi connectivity index (χ3v) is 4.69. The Bertz CT molecular complexity index is 1020. The van der Waals surface area contributed by atoms with Gasteiger partial charge in [0.25, 0.3) is 11.8 Å². The molecule has 0 saturated heterocycles. The summed E-state index contributed by atoms with van der Waals surface area (Å²) < 4.78 is 12.3. The van der Waals surface area contributed by atoms with Gasteiger partial charge in [-0.05, 0) is 35.9 Å². The third-order valence-electron chi connectivity index (χ3n) is 4.69. The molecule has 7 heteroatoms. The molecule has 0 radical (unpaired) electrons. The van der Waals surface area contributed by atoms with Gasteiger partial charge < -0.3 is 9.47 Å². The molecule has 2 heterocycles. The highest BCUT2D eigenvalue weighted by Gasteiger charge is 2.35. The van der Waals surface area contributed by atoms with Gasteiger partial charge in [-0.2, -0.15) is 5.10 Å². The zero-order chi connectivity index (χ0) is 19.7. The lowest BCUT2D eigenvalue weighted by Gasteiger charge is -2.12. The average molecular weight is 377 g/mol. The molecule has 2 aromatic carbocycles. The molecule has 0 fully saturated rings. The van der Waals surface area contributed by atoms with Crippen molar-refractivity contribution in [3.63, 3.8) is 0 Å². The fourth-order valence-electron chi connectivity index (χ4n) is 3.29. The molecule has 1 aliphatic heterocycles. The van der Waals surface area contributed by atoms with Crippen LogP contribution in [-0.2, 0) is 13.1 Å². The van der Waals surface area contributed by atoms with Gasteiger partial charge in [-0.1, -0.05) is 18.2 Å². The summed E-state index contributed by atoms with van der Waals surface area (Å²) in [5, 5.41) is 4.50. The number of carbonyl (C=O) groups excluding carboxylic acids is 2. The van der Waals surface area contributed by atoms with E-state index in [0.717, 1.165) is 5.56 Å². The number of amides is 2. The van der Waals surface area contributed by atoms with Crippen molar-refractivity contribution in [3.8, 4) is 11.5 Å². The van der Waals surface area contributed by atoms with E-state index in [1.165, 1.54) is 4.90 Å². The van der Waals surface area contributed by atoms with Crippen molar-refractivity contribution >= 4 is 11.8 Å². The van der Waals surface area contributed by atoms with Crippen LogP contribution in [0, 0.1) is 0 Å². The fraction of sp³-hybridized carbons (Fsp3) is 0.190. The van der Waals surface area contributed by atoms with E-state index in [0.29, 0.717) is 34.9 Å². The van der Waals surface area contributed by atoms with Crippen LogP contribution in [0.5, 0.6) is 11.5 Å². The SMILES string of the molecule is COc1ccc(Cn2ccc(CN3C(=O)c4ccccc4C3=O)n2)cc1OC. The first-order valence-electron chi connectivity index (χ1n) is 8.79. The van der Waals surface area contributed by atoms with E-state index in [2.05, 4.69) is 5.10 Å². The maximum atomic E-state index is 12.5. The van der Waals surface area contributed by atoms with E-state index in [1.54, 1.807) is 43.2 Å². The molecular weight excluding hydrogens is 358 g/mol. The molecule has 4 rings (SSSR count). The number of benzene rings is 2. The monoisotopic (exact) mass is 377 g/mol. The second kappa shape index (κ2) is 7.19. The molecule has 0 aliphatic carbocycles. The Morgan fingerprint density at radius 1 is 0.857 bits per heavy atom. The van der Waals surface area contributed by atoms with Crippen molar-refractivity contribution in [3.05, 3.63) is 77.1 Å². The number of hydrogen-bond acceptors (Lipinski definition) is 5. The lowest BCUT2D eigenvalue weighted by atomic mass is 10.1. The zero-order valence-corrected chi connectivity index (χ0v) is 15.6. The summed E-state index contributed by atoms with van der Waals surface area (Å²) in [4.78, 5) is 26.2. The van der Waals surface area contributed by atoms with Crippen molar-refractivity contribution in [2.24, 2.45) is 0 Å². The maximum absolute atomic E-state index is 12.5. The Hall–Kier alpha value is -3.61. The number of carbonyl (C=O) groups is 2. The second-order valence-electron chi connectivity index (χ2n) is 6.44. The highest BCUT2D eigenvalue weighted by molar-refractivity contribution is 6.21. The van der Waals surface area contributed by atoms with Crippen LogP contribution in [0.4, 0.5) is 0 Å². The van der Waals surface area contributed by atoms with Gasteiger partial charge in [0, 0.05) is 6.20 Å². The fourth-order valence-corrected chi connectivity index (χ4v) is 3.29. The summed E-state index contributed by atoms with van der Waals surface area (Å²) in [5.41, 5.74) is 2.53. The van der Waals surface area contributed by atoms with Crippen molar-refractivity contribution in [2.45, 2.75) is 13.1 Å². The molecule has 2 amide bonds. The van der Waals surface area contributed by atoms with Crippen molar-refractivity contribution < 1.29 is 19.1 Å². The smallest absolute Gasteiger partial charge is 0.261 e. The minimum Gasteiger partial charge on any atom is -0.493 e. The van der Waals surface area contributed by atoms with Crippen LogP contribution in [0.1, 0.15) is 32.0 Å². The number of nitrogens with zero attached hydrogens (tertiary/aromatic N) is 3. The quantitative estimate of drug-likeness (QED) is 0.618. The summed E-state index contributed by atoms with van der Waals surface area (Å²) in [6.07, 6.45) is 1.82. The van der Waals surface area contributed by atoms with E-state index in [9.17, 15) is 9.59 Å². The summed E-state index contributed by atoms with van der Waals surface area (Å²) >= 11 is 0. The number of ether oxygens (including phenoxy) is 2. The van der Waals surface area contributed by atoms with Gasteiger partial charge in [0.1, 0.15) is 0 Å². The van der Waals surface area contributed by atoms with Crippen molar-refractivity contribution in [2.75, 3.05) is 14.2 Å². The van der Waals surface area contributed by atoms with E-state index >= 15 is 0 Å². The standard InChI is InChI=1S/C21H19N3O4/c1-27-18-8-7-14(11-19(18)28-2)12-23-10-9-15(22-23)13-24-20(25)16-5-3-4-6-17(16)21(24)26/h3-11H,12-13H2,1-2H3. The Balaban J connectivity index is 1.49. The highest BCUT2D eigenvalue weighted by atomic mass is 16.5. The molecule has 0 atom stereocenters. The number of rotatable bonds is 6. The summed E-state index contributed by atoms with van der Waals surface area (Å²) in [6.45, 7) is 0.674. The van der Waals surface area contributed by atoms with Crippen LogP contribution in [-0.4, -0.2) is 40.7 Å². The second-order valence-corrected chi connectivity index (χ2v) is 6.44. The van der Waals surface area contributed by atoms with Gasteiger partial charge in [0.2, 0.25) is 0 Å². The molecule has 1 aliphatic rings. The minimum absolute atomic E-state index is 0.144. The molecule has 0 saturated carbocycles. The molecule has 142 valence electrons. The molecule has 7 nitrogen and oxygen atoms in total. The number of imide groups is 1. The van der Waals surface area contributed by atoms with Crippen LogP contribution in [0.15, 0.2) is 54.7 Å². The van der Waals surface area contributed by atoms with Crippen molar-refractivity contribution in [1.82, 2.24) is 14.7 Å². The van der Waals surface area contributed by atoms with Crippen molar-refractivity contribution in [1.29, 1.82) is 0 Å². The summed E-state index contributed by atoms with van der Waals surface area (Å²) in [6, 6.07) is 14.3. The molecule has 0 unspecified atom stereocenters. The first-order chi connectivity index (χ1) is 13.6. The van der Waals surface area contributed by atoms with Gasteiger partial charge >= 0.3 is 0 Å². The third kappa shape index (κ3) is 3.11. The highest BCUT2D eigenvalue weighted by Crippen LogP contribution is 2.28. The molecule has 3 aromatic rings. The van der Waals surface area contributed by atoms with Gasteiger partial charge in [0.05, 0.1) is 44.1 Å². The lowest BCUT2D eigenvalue weighted by molar-refractivity contribution is 0.0640. The van der Waals surface area contributed by atoms with E-state index in [1.807, 2.05) is 30.5 Å². The number of hydrogen-bond donors (Lipinski definition) is 0. The van der Waals surface area contributed by atoms with E-state index in [4.69, 9.17) is 9.47 Å². The first kappa shape index (κ1) is 17.8. The number of fused-ring (bicyclic) bond motifs is 1. The Kier molecular flexibility index (Phi) is 4.57. The zero-order valence-electron chi connectivity index (χ0n) is 15.6. The van der Waals surface area contributed by atoms with Crippen LogP contribution in [0.3, 0.4) is 0 Å². The summed E-state index contributed by atoms with van der Waals surface area (Å²) in [7, 11) is 3.19. The molecule has 28 heavy (non-hydrogen) atoms. The molecule has 0 spiro atoms. The number of aromatic nitrogens is 2. The van der Waals surface area contributed by atoms with Gasteiger partial charge in [-0.25, -0.2) is 0 Å². The Labute approximate surface area is 162 Å². The Morgan fingerprint density at radius 3 is 2.18 bits per heavy atom. The van der Waals surface area contributed by atoms with E-state index in [-0.39, 0.29) is 18.4 Å². The molecule has 0 N–H and O–H groups in total. The predicted octanol–water partition coefficient (Wildman–Crippen LogP) is 2.74. The topological polar surface area (TPSA) is 73.7 Å². The average Bonchev–Trinajstić information content (AvgIpc) is 3.26. The van der Waals surface area contributed by atoms with Gasteiger partial charge in [0.15, 0.2) is 11.5 Å². The van der Waals surface area contributed by atoms with Crippen LogP contribution in [0.2, 0.25) is 0 Å². The predicted molar refractivity (Wildman–Crippen MR) is 102 cm³/mol. The molecule has 0 bridgehead atoms. The minimum atomic E-state index is -0.282. The molecule has 1 aromatic heterocycles. The van der Waals surface area contributed by atoms with E-state index < -0.39 is 0 Å². The van der Waals surface area contributed by atoms with Gasteiger partial charge in [-0.3, -0.25) is 19.2 Å². The maximum Gasteiger partial charge on any atom is 0.261 e.